The maximum absolute atomic E-state index is 13.3. The zero-order valence-corrected chi connectivity index (χ0v) is 18.3. The Hall–Kier alpha value is -2.67. The average molecular weight is 428 g/mol. The molecule has 0 amide bonds. The number of Topliss-reactive ketones (excluding diaryl/α,β-unsaturated/α-hetero) is 1. The number of allylic oxidation sites excluding steroid dienone is 1. The van der Waals surface area contributed by atoms with Crippen molar-refractivity contribution in [2.45, 2.75) is 52.5 Å². The summed E-state index contributed by atoms with van der Waals surface area (Å²) in [5, 5.41) is 0.104. The number of nitrogens with zero attached hydrogens (tertiary/aromatic N) is 4. The molecule has 30 heavy (non-hydrogen) atoms. The zero-order chi connectivity index (χ0) is 21.4. The average Bonchev–Trinajstić information content (AvgIpc) is 2.72. The number of anilines is 2. The molecule has 1 aliphatic heterocycles. The highest BCUT2D eigenvalue weighted by molar-refractivity contribution is 6.35. The summed E-state index contributed by atoms with van der Waals surface area (Å²) in [6.45, 7) is 4.89. The van der Waals surface area contributed by atoms with E-state index in [0.29, 0.717) is 24.5 Å². The van der Waals surface area contributed by atoms with E-state index in [-0.39, 0.29) is 16.9 Å². The second-order valence-corrected chi connectivity index (χ2v) is 8.30. The van der Waals surface area contributed by atoms with Crippen molar-refractivity contribution in [2.24, 2.45) is 0 Å². The largest absolute Gasteiger partial charge is 0.496 e. The normalized spacial score (nSPS) is 16.7. The van der Waals surface area contributed by atoms with Crippen LogP contribution in [0.4, 0.5) is 11.8 Å². The van der Waals surface area contributed by atoms with Crippen LogP contribution in [0.3, 0.4) is 0 Å². The Morgan fingerprint density at radius 3 is 2.63 bits per heavy atom. The van der Waals surface area contributed by atoms with Crippen LogP contribution in [0.25, 0.3) is 0 Å². The van der Waals surface area contributed by atoms with Gasteiger partial charge in [0, 0.05) is 29.4 Å². The summed E-state index contributed by atoms with van der Waals surface area (Å²) in [4.78, 5) is 28.4. The number of carbonyl (C=O) groups excluding carboxylic acids is 1. The smallest absolute Gasteiger partial charge is 0.223 e. The molecule has 2 aromatic heterocycles. The van der Waals surface area contributed by atoms with Crippen LogP contribution >= 0.6 is 11.6 Å². The third-order valence-corrected chi connectivity index (χ3v) is 6.26. The molecule has 1 saturated carbocycles. The van der Waals surface area contributed by atoms with Crippen molar-refractivity contribution in [1.82, 2.24) is 15.0 Å². The van der Waals surface area contributed by atoms with E-state index < -0.39 is 0 Å². The van der Waals surface area contributed by atoms with E-state index in [4.69, 9.17) is 22.1 Å². The molecule has 3 heterocycles. The maximum Gasteiger partial charge on any atom is 0.223 e. The fourth-order valence-corrected chi connectivity index (χ4v) is 4.70. The van der Waals surface area contributed by atoms with Gasteiger partial charge in [-0.2, -0.15) is 4.98 Å². The van der Waals surface area contributed by atoms with E-state index >= 15 is 0 Å². The molecule has 4 rings (SSSR count). The third kappa shape index (κ3) is 3.62. The molecule has 0 unspecified atom stereocenters. The van der Waals surface area contributed by atoms with Crippen LogP contribution in [0.2, 0.25) is 5.15 Å². The number of hydrogen-bond donors (Lipinski definition) is 1. The Balaban J connectivity index is 1.81. The second kappa shape index (κ2) is 8.22. The van der Waals surface area contributed by atoms with Crippen molar-refractivity contribution >= 4 is 29.2 Å². The minimum Gasteiger partial charge on any atom is -0.496 e. The van der Waals surface area contributed by atoms with Gasteiger partial charge in [0.25, 0.3) is 0 Å². The summed E-state index contributed by atoms with van der Waals surface area (Å²) in [7, 11) is 1.66. The topological polar surface area (TPSA) is 94.2 Å². The van der Waals surface area contributed by atoms with Crippen molar-refractivity contribution in [3.8, 4) is 5.75 Å². The molecule has 0 saturated heterocycles. The molecule has 2 N–H and O–H groups in total. The van der Waals surface area contributed by atoms with Gasteiger partial charge >= 0.3 is 0 Å². The highest BCUT2D eigenvalue weighted by atomic mass is 35.5. The van der Waals surface area contributed by atoms with E-state index in [1.807, 2.05) is 18.7 Å². The fraction of sp³-hybridized carbons (Fsp3) is 0.455. The summed E-state index contributed by atoms with van der Waals surface area (Å²) in [6, 6.07) is 0. The number of methoxy groups -OCH3 is 1. The number of ether oxygens (including phenoxy) is 1. The SMILES string of the molecule is COc1c(C)cnc(CN2CC(=C3CCCCC3)C(=O)c3c(Cl)nc(N)nc32)c1C. The van der Waals surface area contributed by atoms with Crippen molar-refractivity contribution in [3.05, 3.63) is 44.9 Å². The van der Waals surface area contributed by atoms with Gasteiger partial charge in [-0.1, -0.05) is 23.6 Å². The molecule has 7 nitrogen and oxygen atoms in total. The van der Waals surface area contributed by atoms with Gasteiger partial charge < -0.3 is 15.4 Å². The highest BCUT2D eigenvalue weighted by Gasteiger charge is 2.34. The van der Waals surface area contributed by atoms with Gasteiger partial charge in [0.05, 0.1) is 19.3 Å². The van der Waals surface area contributed by atoms with E-state index in [1.54, 1.807) is 13.3 Å². The van der Waals surface area contributed by atoms with Crippen molar-refractivity contribution in [1.29, 1.82) is 0 Å². The van der Waals surface area contributed by atoms with Gasteiger partial charge in [-0.25, -0.2) is 4.98 Å². The monoisotopic (exact) mass is 427 g/mol. The molecule has 0 radical (unpaired) electrons. The lowest BCUT2D eigenvalue weighted by molar-refractivity contribution is 0.102. The molecule has 0 bridgehead atoms. The third-order valence-electron chi connectivity index (χ3n) is 5.99. The van der Waals surface area contributed by atoms with Crippen LogP contribution in [0.5, 0.6) is 5.75 Å². The van der Waals surface area contributed by atoms with Crippen LogP contribution in [0.15, 0.2) is 17.3 Å². The molecular formula is C22H26ClN5O2. The lowest BCUT2D eigenvalue weighted by Crippen LogP contribution is -2.36. The van der Waals surface area contributed by atoms with E-state index in [0.717, 1.165) is 53.8 Å². The Morgan fingerprint density at radius 1 is 1.20 bits per heavy atom. The van der Waals surface area contributed by atoms with Gasteiger partial charge in [-0.3, -0.25) is 9.78 Å². The first kappa shape index (κ1) is 20.6. The molecule has 1 aliphatic carbocycles. The van der Waals surface area contributed by atoms with Crippen molar-refractivity contribution in [3.63, 3.8) is 0 Å². The molecule has 0 spiro atoms. The molecular weight excluding hydrogens is 402 g/mol. The molecule has 1 fully saturated rings. The number of nitrogens with two attached hydrogens (primary N) is 1. The minimum absolute atomic E-state index is 0.0523. The number of carbonyl (C=O) groups is 1. The van der Waals surface area contributed by atoms with Crippen LogP contribution in [0, 0.1) is 13.8 Å². The van der Waals surface area contributed by atoms with Crippen LogP contribution in [-0.4, -0.2) is 34.4 Å². The number of fused-ring (bicyclic) bond motifs is 1. The minimum atomic E-state index is -0.0747. The van der Waals surface area contributed by atoms with Gasteiger partial charge in [0.2, 0.25) is 5.95 Å². The molecule has 158 valence electrons. The summed E-state index contributed by atoms with van der Waals surface area (Å²) in [5.41, 5.74) is 11.0. The van der Waals surface area contributed by atoms with Crippen molar-refractivity contribution in [2.75, 3.05) is 24.3 Å². The Bertz CT molecular complexity index is 1040. The fourth-order valence-electron chi connectivity index (χ4n) is 4.45. The van der Waals surface area contributed by atoms with Gasteiger partial charge in [-0.15, -0.1) is 0 Å². The Labute approximate surface area is 181 Å². The first-order valence-electron chi connectivity index (χ1n) is 10.2. The van der Waals surface area contributed by atoms with E-state index in [2.05, 4.69) is 15.0 Å². The molecule has 0 aromatic carbocycles. The number of aromatic nitrogens is 3. The lowest BCUT2D eigenvalue weighted by atomic mass is 9.86. The molecule has 2 aromatic rings. The standard InChI is InChI=1S/C22H26ClN5O2/c1-12-9-25-16(13(2)19(12)30-3)11-28-10-15(14-7-5-4-6-8-14)18(29)17-20(23)26-22(24)27-21(17)28/h9H,4-8,10-11H2,1-3H3,(H2,24,26,27). The summed E-state index contributed by atoms with van der Waals surface area (Å²) in [5.74, 6) is 1.27. The van der Waals surface area contributed by atoms with Gasteiger partial charge in [-0.05, 0) is 39.5 Å². The molecule has 8 heteroatoms. The van der Waals surface area contributed by atoms with Crippen LogP contribution < -0.4 is 15.4 Å². The summed E-state index contributed by atoms with van der Waals surface area (Å²) >= 11 is 6.38. The van der Waals surface area contributed by atoms with Crippen molar-refractivity contribution < 1.29 is 9.53 Å². The number of aryl methyl sites for hydroxylation is 1. The predicted octanol–water partition coefficient (Wildman–Crippen LogP) is 4.20. The summed E-state index contributed by atoms with van der Waals surface area (Å²) in [6.07, 6.45) is 7.14. The van der Waals surface area contributed by atoms with E-state index in [1.165, 1.54) is 12.0 Å². The second-order valence-electron chi connectivity index (χ2n) is 7.95. The predicted molar refractivity (Wildman–Crippen MR) is 117 cm³/mol. The Kier molecular flexibility index (Phi) is 5.64. The van der Waals surface area contributed by atoms with Crippen LogP contribution in [0.1, 0.15) is 59.3 Å². The number of hydrogen-bond acceptors (Lipinski definition) is 7. The van der Waals surface area contributed by atoms with Crippen LogP contribution in [-0.2, 0) is 6.54 Å². The van der Waals surface area contributed by atoms with Gasteiger partial charge in [0.1, 0.15) is 22.3 Å². The quantitative estimate of drug-likeness (QED) is 0.579. The highest BCUT2D eigenvalue weighted by Crippen LogP contribution is 2.38. The number of nitrogen functional groups attached to an aromatic ring is 1. The summed E-state index contributed by atoms with van der Waals surface area (Å²) < 4.78 is 5.56. The number of rotatable bonds is 3. The molecule has 0 atom stereocenters. The molecule has 2 aliphatic rings. The van der Waals surface area contributed by atoms with Gasteiger partial charge in [0.15, 0.2) is 5.78 Å². The first-order valence-corrected chi connectivity index (χ1v) is 10.6. The number of ketones is 1. The van der Waals surface area contributed by atoms with E-state index in [9.17, 15) is 4.79 Å². The maximum atomic E-state index is 13.3. The number of halogens is 1. The first-order chi connectivity index (χ1) is 14.4. The zero-order valence-electron chi connectivity index (χ0n) is 17.6. The number of pyridine rings is 1. The Morgan fingerprint density at radius 2 is 1.93 bits per heavy atom. The lowest BCUT2D eigenvalue weighted by Gasteiger charge is -2.33.